The number of hydrogen-bond donors (Lipinski definition) is 1. The van der Waals surface area contributed by atoms with Crippen molar-refractivity contribution in [3.8, 4) is 5.75 Å². The summed E-state index contributed by atoms with van der Waals surface area (Å²) in [5.74, 6) is 0.352. The van der Waals surface area contributed by atoms with Crippen LogP contribution in [0.25, 0.3) is 0 Å². The van der Waals surface area contributed by atoms with Gasteiger partial charge in [0.2, 0.25) is 0 Å². The van der Waals surface area contributed by atoms with Gasteiger partial charge in [0.15, 0.2) is 0 Å². The number of ether oxygens (including phenoxy) is 1. The standard InChI is InChI=1S/C10H12O2/c1-7-2-3-9(11)8(6-7)10-4-5-12-10/h2-3,6,10-11H,4-5H2,1H3. The summed E-state index contributed by atoms with van der Waals surface area (Å²) < 4.78 is 5.29. The van der Waals surface area contributed by atoms with E-state index in [1.807, 2.05) is 19.1 Å². The number of rotatable bonds is 1. The zero-order valence-electron chi connectivity index (χ0n) is 7.08. The maximum absolute atomic E-state index is 9.49. The SMILES string of the molecule is Cc1ccc(O)c(C2CCO2)c1. The second-order valence-corrected chi connectivity index (χ2v) is 3.21. The topological polar surface area (TPSA) is 29.5 Å². The highest BCUT2D eigenvalue weighted by atomic mass is 16.5. The first-order valence-corrected chi connectivity index (χ1v) is 4.18. The summed E-state index contributed by atoms with van der Waals surface area (Å²) in [4.78, 5) is 0. The second-order valence-electron chi connectivity index (χ2n) is 3.21. The molecule has 2 rings (SSSR count). The van der Waals surface area contributed by atoms with Crippen molar-refractivity contribution in [3.63, 3.8) is 0 Å². The normalized spacial score (nSPS) is 21.9. The summed E-state index contributed by atoms with van der Waals surface area (Å²) >= 11 is 0. The van der Waals surface area contributed by atoms with E-state index >= 15 is 0 Å². The number of benzene rings is 1. The molecule has 0 aliphatic carbocycles. The van der Waals surface area contributed by atoms with E-state index in [9.17, 15) is 5.11 Å². The molecule has 1 unspecified atom stereocenters. The van der Waals surface area contributed by atoms with Gasteiger partial charge >= 0.3 is 0 Å². The van der Waals surface area contributed by atoms with Gasteiger partial charge in [0, 0.05) is 12.0 Å². The fraction of sp³-hybridized carbons (Fsp3) is 0.400. The van der Waals surface area contributed by atoms with Gasteiger partial charge in [-0.25, -0.2) is 0 Å². The van der Waals surface area contributed by atoms with Gasteiger partial charge in [0.1, 0.15) is 5.75 Å². The van der Waals surface area contributed by atoms with Crippen LogP contribution in [0.4, 0.5) is 0 Å². The quantitative estimate of drug-likeness (QED) is 0.689. The van der Waals surface area contributed by atoms with Crippen molar-refractivity contribution in [2.24, 2.45) is 0 Å². The summed E-state index contributed by atoms with van der Waals surface area (Å²) in [6, 6.07) is 5.61. The molecule has 0 radical (unpaired) electrons. The molecular weight excluding hydrogens is 152 g/mol. The van der Waals surface area contributed by atoms with Gasteiger partial charge < -0.3 is 9.84 Å². The lowest BCUT2D eigenvalue weighted by molar-refractivity contribution is -0.0538. The van der Waals surface area contributed by atoms with Crippen LogP contribution in [0.1, 0.15) is 23.7 Å². The zero-order chi connectivity index (χ0) is 8.55. The lowest BCUT2D eigenvalue weighted by Gasteiger charge is -2.27. The van der Waals surface area contributed by atoms with E-state index in [0.717, 1.165) is 18.6 Å². The van der Waals surface area contributed by atoms with Gasteiger partial charge in [-0.2, -0.15) is 0 Å². The lowest BCUT2D eigenvalue weighted by Crippen LogP contribution is -2.18. The van der Waals surface area contributed by atoms with E-state index in [1.165, 1.54) is 5.56 Å². The molecule has 1 aromatic rings. The van der Waals surface area contributed by atoms with Crippen LogP contribution in [-0.4, -0.2) is 11.7 Å². The van der Waals surface area contributed by atoms with Crippen LogP contribution in [0.5, 0.6) is 5.75 Å². The summed E-state index contributed by atoms with van der Waals surface area (Å²) in [5.41, 5.74) is 2.10. The summed E-state index contributed by atoms with van der Waals surface area (Å²) in [6.45, 7) is 2.83. The molecule has 1 saturated heterocycles. The average molecular weight is 164 g/mol. The van der Waals surface area contributed by atoms with Crippen molar-refractivity contribution in [3.05, 3.63) is 29.3 Å². The van der Waals surface area contributed by atoms with E-state index in [0.29, 0.717) is 5.75 Å². The van der Waals surface area contributed by atoms with Crippen LogP contribution in [0.2, 0.25) is 0 Å². The van der Waals surface area contributed by atoms with Crippen molar-refractivity contribution < 1.29 is 9.84 Å². The van der Waals surface area contributed by atoms with Crippen LogP contribution in [0, 0.1) is 6.92 Å². The average Bonchev–Trinajstić information content (AvgIpc) is 1.93. The van der Waals surface area contributed by atoms with Crippen LogP contribution < -0.4 is 0 Å². The molecule has 0 saturated carbocycles. The third-order valence-electron chi connectivity index (χ3n) is 2.23. The van der Waals surface area contributed by atoms with E-state index < -0.39 is 0 Å². The van der Waals surface area contributed by atoms with Crippen LogP contribution in [0.15, 0.2) is 18.2 Å². The minimum atomic E-state index is 0.130. The number of phenolic OH excluding ortho intramolecular Hbond substituents is 1. The Balaban J connectivity index is 2.34. The van der Waals surface area contributed by atoms with E-state index in [-0.39, 0.29) is 6.10 Å². The van der Waals surface area contributed by atoms with Crippen LogP contribution in [0.3, 0.4) is 0 Å². The van der Waals surface area contributed by atoms with Crippen molar-refractivity contribution in [1.82, 2.24) is 0 Å². The summed E-state index contributed by atoms with van der Waals surface area (Å²) in [5, 5.41) is 9.49. The monoisotopic (exact) mass is 164 g/mol. The molecule has 0 bridgehead atoms. The van der Waals surface area contributed by atoms with E-state index in [2.05, 4.69) is 0 Å². The smallest absolute Gasteiger partial charge is 0.121 e. The number of aryl methyl sites for hydroxylation is 1. The molecule has 64 valence electrons. The van der Waals surface area contributed by atoms with Gasteiger partial charge in [0.25, 0.3) is 0 Å². The van der Waals surface area contributed by atoms with Gasteiger partial charge in [-0.05, 0) is 19.1 Å². The minimum Gasteiger partial charge on any atom is -0.508 e. The Morgan fingerprint density at radius 3 is 2.83 bits per heavy atom. The molecule has 1 aliphatic heterocycles. The van der Waals surface area contributed by atoms with E-state index in [4.69, 9.17) is 4.74 Å². The lowest BCUT2D eigenvalue weighted by atomic mass is 10.0. The van der Waals surface area contributed by atoms with Crippen LogP contribution >= 0.6 is 0 Å². The van der Waals surface area contributed by atoms with Gasteiger partial charge in [0.05, 0.1) is 12.7 Å². The minimum absolute atomic E-state index is 0.130. The van der Waals surface area contributed by atoms with Gasteiger partial charge in [-0.3, -0.25) is 0 Å². The molecule has 0 spiro atoms. The Kier molecular flexibility index (Phi) is 1.77. The molecule has 2 nitrogen and oxygen atoms in total. The largest absolute Gasteiger partial charge is 0.508 e. The summed E-state index contributed by atoms with van der Waals surface area (Å²) in [6.07, 6.45) is 1.15. The van der Waals surface area contributed by atoms with E-state index in [1.54, 1.807) is 6.07 Å². The fourth-order valence-electron chi connectivity index (χ4n) is 1.41. The Labute approximate surface area is 71.8 Å². The number of phenols is 1. The number of aromatic hydroxyl groups is 1. The van der Waals surface area contributed by atoms with Crippen molar-refractivity contribution >= 4 is 0 Å². The summed E-state index contributed by atoms with van der Waals surface area (Å²) in [7, 11) is 0. The molecule has 12 heavy (non-hydrogen) atoms. The molecule has 1 aromatic carbocycles. The Bertz CT molecular complexity index is 290. The maximum atomic E-state index is 9.49. The molecule has 1 fully saturated rings. The highest BCUT2D eigenvalue weighted by Crippen LogP contribution is 2.35. The molecule has 0 aromatic heterocycles. The Morgan fingerprint density at radius 2 is 2.25 bits per heavy atom. The number of hydrogen-bond acceptors (Lipinski definition) is 2. The molecule has 1 atom stereocenters. The predicted molar refractivity (Wildman–Crippen MR) is 46.2 cm³/mol. The first-order valence-electron chi connectivity index (χ1n) is 4.18. The van der Waals surface area contributed by atoms with Gasteiger partial charge in [-0.15, -0.1) is 0 Å². The van der Waals surface area contributed by atoms with Crippen LogP contribution in [-0.2, 0) is 4.74 Å². The molecule has 1 heterocycles. The molecule has 0 amide bonds. The van der Waals surface area contributed by atoms with Crippen molar-refractivity contribution in [2.75, 3.05) is 6.61 Å². The molecule has 1 N–H and O–H groups in total. The highest BCUT2D eigenvalue weighted by Gasteiger charge is 2.22. The molecule has 2 heteroatoms. The maximum Gasteiger partial charge on any atom is 0.121 e. The fourth-order valence-corrected chi connectivity index (χ4v) is 1.41. The highest BCUT2D eigenvalue weighted by molar-refractivity contribution is 5.37. The van der Waals surface area contributed by atoms with Gasteiger partial charge in [-0.1, -0.05) is 11.6 Å². The third-order valence-corrected chi connectivity index (χ3v) is 2.23. The first-order chi connectivity index (χ1) is 5.77. The Hall–Kier alpha value is -1.02. The predicted octanol–water partition coefficient (Wildman–Crippen LogP) is 2.16. The second kappa shape index (κ2) is 2.79. The zero-order valence-corrected chi connectivity index (χ0v) is 7.08. The molecule has 1 aliphatic rings. The molecular formula is C10H12O2. The van der Waals surface area contributed by atoms with Crippen molar-refractivity contribution in [1.29, 1.82) is 0 Å². The first kappa shape index (κ1) is 7.62. The third kappa shape index (κ3) is 1.18. The van der Waals surface area contributed by atoms with Crippen molar-refractivity contribution in [2.45, 2.75) is 19.4 Å². The Morgan fingerprint density at radius 1 is 1.50 bits per heavy atom.